The van der Waals surface area contributed by atoms with Crippen LogP contribution in [0.4, 0.5) is 0 Å². The maximum Gasteiger partial charge on any atom is 0.0622 e. The van der Waals surface area contributed by atoms with E-state index in [-0.39, 0.29) is 0 Å². The van der Waals surface area contributed by atoms with Gasteiger partial charge in [-0.25, -0.2) is 0 Å². The van der Waals surface area contributed by atoms with Gasteiger partial charge < -0.3 is 20.1 Å². The molecule has 0 saturated carbocycles. The van der Waals surface area contributed by atoms with Crippen LogP contribution in [0.2, 0.25) is 0 Å². The van der Waals surface area contributed by atoms with E-state index in [1.54, 1.807) is 0 Å². The molecule has 0 radical (unpaired) electrons. The summed E-state index contributed by atoms with van der Waals surface area (Å²) < 4.78 is 12.2. The molecular weight excluding hydrogens is 492 g/mol. The van der Waals surface area contributed by atoms with Gasteiger partial charge in [0.05, 0.1) is 6.61 Å². The van der Waals surface area contributed by atoms with Crippen molar-refractivity contribution in [2.45, 2.75) is 187 Å². The van der Waals surface area contributed by atoms with Gasteiger partial charge in [0, 0.05) is 25.9 Å². The number of hydrogen-bond acceptors (Lipinski definition) is 4. The quantitative estimate of drug-likeness (QED) is 0.0772. The Hall–Kier alpha value is -0.160. The third-order valence-corrected chi connectivity index (χ3v) is 8.53. The Balaban J connectivity index is 3.68. The van der Waals surface area contributed by atoms with Crippen molar-refractivity contribution in [1.29, 1.82) is 0 Å². The Morgan fingerprint density at radius 3 is 1.25 bits per heavy atom. The van der Waals surface area contributed by atoms with Crippen LogP contribution in [0.1, 0.15) is 181 Å². The van der Waals surface area contributed by atoms with Gasteiger partial charge in [0.15, 0.2) is 0 Å². The van der Waals surface area contributed by atoms with E-state index in [2.05, 4.69) is 25.8 Å². The molecule has 0 rings (SSSR count). The van der Waals surface area contributed by atoms with Crippen molar-refractivity contribution in [2.75, 3.05) is 46.6 Å². The van der Waals surface area contributed by atoms with Gasteiger partial charge in [-0.1, -0.05) is 155 Å². The topological polar surface area (TPSA) is 47.7 Å². The predicted octanol–water partition coefficient (Wildman–Crippen LogP) is 10.5. The van der Waals surface area contributed by atoms with E-state index < -0.39 is 0 Å². The molecule has 1 atom stereocenters. The summed E-state index contributed by atoms with van der Waals surface area (Å²) in [5, 5.41) is 0. The lowest BCUT2D eigenvalue weighted by Crippen LogP contribution is -2.38. The zero-order chi connectivity index (χ0) is 29.2. The Bertz CT molecular complexity index is 449. The van der Waals surface area contributed by atoms with Gasteiger partial charge in [0.25, 0.3) is 0 Å². The summed E-state index contributed by atoms with van der Waals surface area (Å²) in [6, 6.07) is 0.436. The second-order valence-electron chi connectivity index (χ2n) is 12.5. The van der Waals surface area contributed by atoms with E-state index >= 15 is 0 Å². The number of unbranched alkanes of at least 4 members (excludes halogenated alkanes) is 22. The SMILES string of the molecule is CCCCCCCCCCCCCCOCCC(COCCCCCCCCCCCCCC)N(C)CCCN. The summed E-state index contributed by atoms with van der Waals surface area (Å²) in [6.45, 7) is 9.87. The van der Waals surface area contributed by atoms with Crippen LogP contribution in [-0.4, -0.2) is 57.5 Å². The van der Waals surface area contributed by atoms with Crippen LogP contribution in [-0.2, 0) is 9.47 Å². The minimum atomic E-state index is 0.436. The van der Waals surface area contributed by atoms with Crippen molar-refractivity contribution in [3.05, 3.63) is 0 Å². The summed E-state index contributed by atoms with van der Waals surface area (Å²) >= 11 is 0. The molecule has 4 heteroatoms. The molecule has 1 unspecified atom stereocenters. The van der Waals surface area contributed by atoms with Crippen molar-refractivity contribution < 1.29 is 9.47 Å². The summed E-state index contributed by atoms with van der Waals surface area (Å²) in [5.74, 6) is 0. The average molecular weight is 569 g/mol. The van der Waals surface area contributed by atoms with Crippen LogP contribution in [0.3, 0.4) is 0 Å². The summed E-state index contributed by atoms with van der Waals surface area (Å²) in [4.78, 5) is 2.43. The number of nitrogens with two attached hydrogens (primary N) is 1. The van der Waals surface area contributed by atoms with Crippen molar-refractivity contribution in [1.82, 2.24) is 4.90 Å². The number of ether oxygens (including phenoxy) is 2. The van der Waals surface area contributed by atoms with E-state index in [4.69, 9.17) is 15.2 Å². The Morgan fingerprint density at radius 2 is 0.850 bits per heavy atom. The first kappa shape index (κ1) is 39.8. The molecule has 0 heterocycles. The molecule has 0 aliphatic heterocycles. The van der Waals surface area contributed by atoms with E-state index in [9.17, 15) is 0 Å². The van der Waals surface area contributed by atoms with E-state index in [1.165, 1.54) is 154 Å². The average Bonchev–Trinajstić information content (AvgIpc) is 2.96. The number of likely N-dealkylation sites (N-methyl/N-ethyl adjacent to an activating group) is 1. The van der Waals surface area contributed by atoms with Crippen LogP contribution < -0.4 is 5.73 Å². The van der Waals surface area contributed by atoms with Crippen LogP contribution in [0.15, 0.2) is 0 Å². The predicted molar refractivity (Wildman–Crippen MR) is 179 cm³/mol. The first-order valence-corrected chi connectivity index (χ1v) is 18.3. The molecule has 0 saturated heterocycles. The summed E-state index contributed by atoms with van der Waals surface area (Å²) in [5.41, 5.74) is 5.76. The lowest BCUT2D eigenvalue weighted by molar-refractivity contribution is 0.0424. The highest BCUT2D eigenvalue weighted by Gasteiger charge is 2.14. The Labute approximate surface area is 253 Å². The van der Waals surface area contributed by atoms with Crippen molar-refractivity contribution in [3.8, 4) is 0 Å². The van der Waals surface area contributed by atoms with Crippen molar-refractivity contribution >= 4 is 0 Å². The standard InChI is InChI=1S/C36H76N2O2/c1-4-6-8-10-12-14-16-18-20-22-24-26-32-39-34-29-36(38(3)31-28-30-37)35-40-33-27-25-23-21-19-17-15-13-11-9-7-5-2/h36H,4-35,37H2,1-3H3. The van der Waals surface area contributed by atoms with Gasteiger partial charge >= 0.3 is 0 Å². The fourth-order valence-corrected chi connectivity index (χ4v) is 5.59. The molecule has 0 fully saturated rings. The lowest BCUT2D eigenvalue weighted by atomic mass is 10.1. The van der Waals surface area contributed by atoms with Crippen LogP contribution in [0, 0.1) is 0 Å². The maximum atomic E-state index is 6.14. The Morgan fingerprint density at radius 1 is 0.475 bits per heavy atom. The highest BCUT2D eigenvalue weighted by molar-refractivity contribution is 4.69. The zero-order valence-corrected chi connectivity index (χ0v) is 28.0. The molecule has 0 spiro atoms. The lowest BCUT2D eigenvalue weighted by Gasteiger charge is -2.28. The minimum Gasteiger partial charge on any atom is -0.381 e. The number of hydrogen-bond donors (Lipinski definition) is 1. The molecule has 0 aromatic heterocycles. The van der Waals surface area contributed by atoms with Crippen molar-refractivity contribution in [2.24, 2.45) is 5.73 Å². The van der Waals surface area contributed by atoms with Crippen LogP contribution in [0.5, 0.6) is 0 Å². The zero-order valence-electron chi connectivity index (χ0n) is 28.0. The third kappa shape index (κ3) is 30.8. The molecule has 0 aliphatic rings. The van der Waals surface area contributed by atoms with Gasteiger partial charge in [-0.05, 0) is 45.8 Å². The molecule has 4 nitrogen and oxygen atoms in total. The molecule has 40 heavy (non-hydrogen) atoms. The monoisotopic (exact) mass is 569 g/mol. The van der Waals surface area contributed by atoms with Gasteiger partial charge in [0.1, 0.15) is 0 Å². The maximum absolute atomic E-state index is 6.14. The fraction of sp³-hybridized carbons (Fsp3) is 1.00. The molecule has 0 bridgehead atoms. The van der Waals surface area contributed by atoms with E-state index in [0.717, 1.165) is 52.4 Å². The molecule has 0 aliphatic carbocycles. The van der Waals surface area contributed by atoms with Gasteiger partial charge in [-0.15, -0.1) is 0 Å². The second-order valence-corrected chi connectivity index (χ2v) is 12.5. The van der Waals surface area contributed by atoms with Crippen LogP contribution >= 0.6 is 0 Å². The minimum absolute atomic E-state index is 0.436. The highest BCUT2D eigenvalue weighted by atomic mass is 16.5. The largest absolute Gasteiger partial charge is 0.381 e. The molecule has 0 amide bonds. The first-order valence-electron chi connectivity index (χ1n) is 18.3. The van der Waals surface area contributed by atoms with Gasteiger partial charge in [0.2, 0.25) is 0 Å². The molecule has 0 aromatic carbocycles. The fourth-order valence-electron chi connectivity index (χ4n) is 5.59. The molecule has 242 valence electrons. The van der Waals surface area contributed by atoms with E-state index in [0.29, 0.717) is 6.04 Å². The normalized spacial score (nSPS) is 12.5. The van der Waals surface area contributed by atoms with Gasteiger partial charge in [-0.3, -0.25) is 0 Å². The van der Waals surface area contributed by atoms with Gasteiger partial charge in [-0.2, -0.15) is 0 Å². The number of nitrogens with zero attached hydrogens (tertiary/aromatic N) is 1. The highest BCUT2D eigenvalue weighted by Crippen LogP contribution is 2.14. The second kappa shape index (κ2) is 35.0. The first-order chi connectivity index (χ1) is 19.8. The van der Waals surface area contributed by atoms with Crippen LogP contribution in [0.25, 0.3) is 0 Å². The molecule has 2 N–H and O–H groups in total. The summed E-state index contributed by atoms with van der Waals surface area (Å²) in [6.07, 6.45) is 35.5. The molecular formula is C36H76N2O2. The van der Waals surface area contributed by atoms with Crippen molar-refractivity contribution in [3.63, 3.8) is 0 Å². The smallest absolute Gasteiger partial charge is 0.0622 e. The molecule has 0 aromatic rings. The van der Waals surface area contributed by atoms with E-state index in [1.807, 2.05) is 0 Å². The number of rotatable bonds is 35. The third-order valence-electron chi connectivity index (χ3n) is 8.53. The summed E-state index contributed by atoms with van der Waals surface area (Å²) in [7, 11) is 2.22. The Kier molecular flexibility index (Phi) is 34.9.